The Balaban J connectivity index is 1.44. The molecule has 0 radical (unpaired) electrons. The summed E-state index contributed by atoms with van der Waals surface area (Å²) >= 11 is 0. The van der Waals surface area contributed by atoms with Crippen molar-refractivity contribution in [2.75, 3.05) is 19.6 Å². The predicted octanol–water partition coefficient (Wildman–Crippen LogP) is 3.10. The molecule has 2 aromatic carbocycles. The highest BCUT2D eigenvalue weighted by molar-refractivity contribution is 5.83. The minimum absolute atomic E-state index is 0.449. The van der Waals surface area contributed by atoms with Gasteiger partial charge >= 0.3 is 0 Å². The third kappa shape index (κ3) is 2.95. The molecule has 0 spiro atoms. The number of fused-ring (bicyclic) bond motifs is 1. The molecular weight excluding hydrogens is 298 g/mol. The van der Waals surface area contributed by atoms with Gasteiger partial charge < -0.3 is 9.67 Å². The largest absolute Gasteiger partial charge is 0.387 e. The zero-order chi connectivity index (χ0) is 16.5. The van der Waals surface area contributed by atoms with Gasteiger partial charge in [0.2, 0.25) is 0 Å². The van der Waals surface area contributed by atoms with Crippen LogP contribution in [0.1, 0.15) is 29.8 Å². The zero-order valence-electron chi connectivity index (χ0n) is 14.0. The van der Waals surface area contributed by atoms with E-state index in [1.807, 2.05) is 30.6 Å². The van der Waals surface area contributed by atoms with Crippen molar-refractivity contribution in [1.82, 2.24) is 14.5 Å². The molecule has 1 aliphatic rings. The monoisotopic (exact) mass is 321 g/mol. The van der Waals surface area contributed by atoms with Gasteiger partial charge in [-0.1, -0.05) is 36.4 Å². The molecule has 3 aromatic rings. The van der Waals surface area contributed by atoms with Crippen LogP contribution in [0.3, 0.4) is 0 Å². The summed E-state index contributed by atoms with van der Waals surface area (Å²) in [6.07, 6.45) is 4.52. The molecule has 1 fully saturated rings. The summed E-state index contributed by atoms with van der Waals surface area (Å²) in [4.78, 5) is 6.82. The van der Waals surface area contributed by atoms with E-state index in [0.29, 0.717) is 12.5 Å². The second kappa shape index (κ2) is 6.38. The van der Waals surface area contributed by atoms with Crippen LogP contribution < -0.4 is 0 Å². The topological polar surface area (TPSA) is 41.3 Å². The van der Waals surface area contributed by atoms with E-state index >= 15 is 0 Å². The Bertz CT molecular complexity index is 842. The highest BCUT2D eigenvalue weighted by atomic mass is 16.3. The first-order valence-corrected chi connectivity index (χ1v) is 8.57. The third-order valence-corrected chi connectivity index (χ3v) is 5.09. The van der Waals surface area contributed by atoms with Crippen molar-refractivity contribution in [1.29, 1.82) is 0 Å². The number of imidazole rings is 1. The lowest BCUT2D eigenvalue weighted by Crippen LogP contribution is -2.26. The number of hydrogen-bond acceptors (Lipinski definition) is 3. The van der Waals surface area contributed by atoms with Crippen LogP contribution >= 0.6 is 0 Å². The molecule has 4 rings (SSSR count). The number of rotatable bonds is 4. The van der Waals surface area contributed by atoms with E-state index in [9.17, 15) is 5.11 Å². The van der Waals surface area contributed by atoms with Crippen molar-refractivity contribution in [2.45, 2.75) is 18.4 Å². The Hall–Kier alpha value is -2.17. The van der Waals surface area contributed by atoms with Crippen LogP contribution in [0, 0.1) is 0 Å². The number of β-amino-alcohol motifs (C(OH)–C–C–N with tert-alkyl or cyclic N) is 1. The highest BCUT2D eigenvalue weighted by Gasteiger charge is 2.27. The SMILES string of the molecule is Cn1ccnc1C1CCN(CC(O)c2ccc3ccccc3c2)C1. The van der Waals surface area contributed by atoms with Crippen LogP contribution in [-0.4, -0.2) is 39.2 Å². The maximum absolute atomic E-state index is 10.6. The minimum atomic E-state index is -0.449. The molecule has 0 bridgehead atoms. The van der Waals surface area contributed by atoms with Crippen molar-refractivity contribution in [2.24, 2.45) is 7.05 Å². The van der Waals surface area contributed by atoms with E-state index in [1.54, 1.807) is 0 Å². The van der Waals surface area contributed by atoms with Crippen LogP contribution in [0.15, 0.2) is 54.9 Å². The van der Waals surface area contributed by atoms with Gasteiger partial charge in [-0.15, -0.1) is 0 Å². The molecule has 4 heteroatoms. The lowest BCUT2D eigenvalue weighted by Gasteiger charge is -2.20. The van der Waals surface area contributed by atoms with Crippen LogP contribution in [0.5, 0.6) is 0 Å². The van der Waals surface area contributed by atoms with E-state index < -0.39 is 6.10 Å². The molecule has 0 saturated carbocycles. The Morgan fingerprint density at radius 1 is 1.21 bits per heavy atom. The van der Waals surface area contributed by atoms with Crippen LogP contribution in [0.4, 0.5) is 0 Å². The average Bonchev–Trinajstić information content (AvgIpc) is 3.23. The Kier molecular flexibility index (Phi) is 4.08. The van der Waals surface area contributed by atoms with Crippen LogP contribution in [0.25, 0.3) is 10.8 Å². The van der Waals surface area contributed by atoms with Gasteiger partial charge in [0.1, 0.15) is 5.82 Å². The number of aliphatic hydroxyl groups excluding tert-OH is 1. The number of likely N-dealkylation sites (tertiary alicyclic amines) is 1. The zero-order valence-corrected chi connectivity index (χ0v) is 14.0. The van der Waals surface area contributed by atoms with E-state index in [-0.39, 0.29) is 0 Å². The van der Waals surface area contributed by atoms with Crippen molar-refractivity contribution < 1.29 is 5.11 Å². The van der Waals surface area contributed by atoms with Gasteiger partial charge in [-0.2, -0.15) is 0 Å². The molecule has 1 saturated heterocycles. The van der Waals surface area contributed by atoms with E-state index in [4.69, 9.17) is 0 Å². The van der Waals surface area contributed by atoms with Crippen molar-refractivity contribution in [3.8, 4) is 0 Å². The summed E-state index contributed by atoms with van der Waals surface area (Å²) in [6, 6.07) is 14.5. The number of aromatic nitrogens is 2. The second-order valence-electron chi connectivity index (χ2n) is 6.76. The number of aryl methyl sites for hydroxylation is 1. The van der Waals surface area contributed by atoms with Crippen LogP contribution in [0.2, 0.25) is 0 Å². The quantitative estimate of drug-likeness (QED) is 0.803. The summed E-state index contributed by atoms with van der Waals surface area (Å²) in [5.74, 6) is 1.62. The Morgan fingerprint density at radius 3 is 2.83 bits per heavy atom. The van der Waals surface area contributed by atoms with E-state index in [0.717, 1.165) is 30.9 Å². The maximum Gasteiger partial charge on any atom is 0.112 e. The molecule has 2 atom stereocenters. The normalized spacial score (nSPS) is 19.8. The number of benzene rings is 2. The molecule has 1 N–H and O–H groups in total. The first kappa shape index (κ1) is 15.4. The summed E-state index contributed by atoms with van der Waals surface area (Å²) < 4.78 is 2.11. The molecule has 0 amide bonds. The molecule has 24 heavy (non-hydrogen) atoms. The summed E-state index contributed by atoms with van der Waals surface area (Å²) in [7, 11) is 2.05. The molecule has 1 aliphatic heterocycles. The van der Waals surface area contributed by atoms with Crippen molar-refractivity contribution in [3.05, 3.63) is 66.2 Å². The van der Waals surface area contributed by atoms with Crippen LogP contribution in [-0.2, 0) is 7.05 Å². The smallest absolute Gasteiger partial charge is 0.112 e. The van der Waals surface area contributed by atoms with Gasteiger partial charge in [-0.3, -0.25) is 4.90 Å². The average molecular weight is 321 g/mol. The van der Waals surface area contributed by atoms with Gasteiger partial charge in [0.25, 0.3) is 0 Å². The fourth-order valence-electron chi connectivity index (χ4n) is 3.74. The van der Waals surface area contributed by atoms with Crippen molar-refractivity contribution in [3.63, 3.8) is 0 Å². The van der Waals surface area contributed by atoms with E-state index in [2.05, 4.69) is 45.8 Å². The molecule has 0 aliphatic carbocycles. The summed E-state index contributed by atoms with van der Waals surface area (Å²) in [6.45, 7) is 2.66. The lowest BCUT2D eigenvalue weighted by molar-refractivity contribution is 0.125. The molecule has 124 valence electrons. The predicted molar refractivity (Wildman–Crippen MR) is 95.9 cm³/mol. The van der Waals surface area contributed by atoms with Gasteiger partial charge in [0.15, 0.2) is 0 Å². The van der Waals surface area contributed by atoms with Crippen molar-refractivity contribution >= 4 is 10.8 Å². The van der Waals surface area contributed by atoms with E-state index in [1.165, 1.54) is 10.8 Å². The van der Waals surface area contributed by atoms with Gasteiger partial charge in [0, 0.05) is 38.4 Å². The second-order valence-corrected chi connectivity index (χ2v) is 6.76. The Labute approximate surface area is 142 Å². The maximum atomic E-state index is 10.6. The highest BCUT2D eigenvalue weighted by Crippen LogP contribution is 2.28. The molecule has 4 nitrogen and oxygen atoms in total. The first-order valence-electron chi connectivity index (χ1n) is 8.57. The molecule has 2 heterocycles. The Morgan fingerprint density at radius 2 is 2.04 bits per heavy atom. The fraction of sp³-hybridized carbons (Fsp3) is 0.350. The molecular formula is C20H23N3O. The standard InChI is InChI=1S/C20H23N3O/c1-22-11-9-21-20(22)18-8-10-23(13-18)14-19(24)17-7-6-15-4-2-3-5-16(15)12-17/h2-7,9,11-12,18-19,24H,8,10,13-14H2,1H3. The first-order chi connectivity index (χ1) is 11.7. The number of nitrogens with zero attached hydrogens (tertiary/aromatic N) is 3. The summed E-state index contributed by atoms with van der Waals surface area (Å²) in [5, 5.41) is 13.0. The number of aliphatic hydroxyl groups is 1. The fourth-order valence-corrected chi connectivity index (χ4v) is 3.74. The third-order valence-electron chi connectivity index (χ3n) is 5.09. The molecule has 2 unspecified atom stereocenters. The van der Waals surface area contributed by atoms with Gasteiger partial charge in [0.05, 0.1) is 6.10 Å². The minimum Gasteiger partial charge on any atom is -0.387 e. The number of hydrogen-bond donors (Lipinski definition) is 1. The van der Waals surface area contributed by atoms with Gasteiger partial charge in [-0.25, -0.2) is 4.98 Å². The lowest BCUT2D eigenvalue weighted by atomic mass is 10.0. The summed E-state index contributed by atoms with van der Waals surface area (Å²) in [5.41, 5.74) is 0.995. The van der Waals surface area contributed by atoms with Gasteiger partial charge in [-0.05, 0) is 35.4 Å². The molecule has 1 aromatic heterocycles.